The number of para-hydroxylation sites is 2. The summed E-state index contributed by atoms with van der Waals surface area (Å²) in [5.74, 6) is 0.654. The van der Waals surface area contributed by atoms with Crippen molar-refractivity contribution < 1.29 is 9.53 Å². The van der Waals surface area contributed by atoms with Crippen LogP contribution < -0.4 is 20.3 Å². The number of amides is 2. The summed E-state index contributed by atoms with van der Waals surface area (Å²) in [4.78, 5) is 17.4. The van der Waals surface area contributed by atoms with Crippen molar-refractivity contribution in [3.63, 3.8) is 0 Å². The Morgan fingerprint density at radius 3 is 2.72 bits per heavy atom. The molecule has 0 spiro atoms. The standard InChI is InChI=1S/C23H30N4O2/c1-26-14-11-18-15-17(9-10-20(18)26)21(27-12-5-6-13-27)16-24-23(28)25-19-7-3-4-8-22(19)29-2/h3-4,7-10,15,21H,5-6,11-14,16H2,1-2H3,(H2,24,25,28). The maximum atomic E-state index is 12.6. The fraction of sp³-hybridized carbons (Fsp3) is 0.435. The van der Waals surface area contributed by atoms with Crippen molar-refractivity contribution in [2.24, 2.45) is 0 Å². The third-order valence-electron chi connectivity index (χ3n) is 6.01. The van der Waals surface area contributed by atoms with E-state index in [1.165, 1.54) is 29.7 Å². The molecule has 0 saturated carbocycles. The molecule has 2 aromatic carbocycles. The molecule has 2 aromatic rings. The number of methoxy groups -OCH3 is 1. The molecular formula is C23H30N4O2. The van der Waals surface area contributed by atoms with Crippen molar-refractivity contribution in [2.75, 3.05) is 50.6 Å². The fourth-order valence-corrected chi connectivity index (χ4v) is 4.41. The minimum Gasteiger partial charge on any atom is -0.495 e. The van der Waals surface area contributed by atoms with Crippen LogP contribution in [-0.4, -0.2) is 51.3 Å². The molecular weight excluding hydrogens is 364 g/mol. The number of carbonyl (C=O) groups excluding carboxylic acids is 1. The van der Waals surface area contributed by atoms with Crippen LogP contribution in [0.3, 0.4) is 0 Å². The van der Waals surface area contributed by atoms with E-state index in [0.717, 1.165) is 26.1 Å². The van der Waals surface area contributed by atoms with E-state index in [-0.39, 0.29) is 12.1 Å². The summed E-state index contributed by atoms with van der Waals surface area (Å²) < 4.78 is 5.32. The Morgan fingerprint density at radius 2 is 1.93 bits per heavy atom. The summed E-state index contributed by atoms with van der Waals surface area (Å²) in [5, 5.41) is 5.98. The number of hydrogen-bond donors (Lipinski definition) is 2. The zero-order chi connectivity index (χ0) is 20.2. The summed E-state index contributed by atoms with van der Waals surface area (Å²) in [6.45, 7) is 3.82. The van der Waals surface area contributed by atoms with Gasteiger partial charge in [-0.15, -0.1) is 0 Å². The van der Waals surface area contributed by atoms with Crippen LogP contribution in [0.1, 0.15) is 30.0 Å². The highest BCUT2D eigenvalue weighted by Gasteiger charge is 2.26. The summed E-state index contributed by atoms with van der Waals surface area (Å²) >= 11 is 0. The predicted octanol–water partition coefficient (Wildman–Crippen LogP) is 3.65. The van der Waals surface area contributed by atoms with Crippen LogP contribution in [0.4, 0.5) is 16.2 Å². The average molecular weight is 395 g/mol. The number of likely N-dealkylation sites (tertiary alicyclic amines) is 1. The first-order valence-electron chi connectivity index (χ1n) is 10.4. The number of rotatable bonds is 6. The van der Waals surface area contributed by atoms with Crippen LogP contribution in [-0.2, 0) is 6.42 Å². The summed E-state index contributed by atoms with van der Waals surface area (Å²) in [6, 6.07) is 14.2. The molecule has 0 aromatic heterocycles. The third kappa shape index (κ3) is 4.32. The highest BCUT2D eigenvalue weighted by molar-refractivity contribution is 5.90. The van der Waals surface area contributed by atoms with Crippen LogP contribution in [0.5, 0.6) is 5.75 Å². The Morgan fingerprint density at radius 1 is 1.14 bits per heavy atom. The SMILES string of the molecule is COc1ccccc1NC(=O)NCC(c1ccc2c(c1)CCN2C)N1CCCC1. The van der Waals surface area contributed by atoms with Gasteiger partial charge >= 0.3 is 6.03 Å². The number of nitrogens with one attached hydrogen (secondary N) is 2. The Balaban J connectivity index is 1.46. The second-order valence-electron chi connectivity index (χ2n) is 7.85. The van der Waals surface area contributed by atoms with Gasteiger partial charge in [0.2, 0.25) is 0 Å². The van der Waals surface area contributed by atoms with Gasteiger partial charge in [0.15, 0.2) is 0 Å². The second-order valence-corrected chi connectivity index (χ2v) is 7.85. The Kier molecular flexibility index (Phi) is 5.90. The zero-order valence-electron chi connectivity index (χ0n) is 17.3. The van der Waals surface area contributed by atoms with Crippen molar-refractivity contribution in [3.8, 4) is 5.75 Å². The van der Waals surface area contributed by atoms with E-state index in [4.69, 9.17) is 4.74 Å². The van der Waals surface area contributed by atoms with Gasteiger partial charge < -0.3 is 20.3 Å². The van der Waals surface area contributed by atoms with Gasteiger partial charge in [0.1, 0.15) is 5.75 Å². The summed E-state index contributed by atoms with van der Waals surface area (Å²) in [6.07, 6.45) is 3.53. The van der Waals surface area contributed by atoms with Gasteiger partial charge in [0.25, 0.3) is 0 Å². The first-order chi connectivity index (χ1) is 14.2. The predicted molar refractivity (Wildman–Crippen MR) is 117 cm³/mol. The van der Waals surface area contributed by atoms with Crippen molar-refractivity contribution in [1.29, 1.82) is 0 Å². The Labute approximate surface area is 172 Å². The molecule has 2 aliphatic heterocycles. The smallest absolute Gasteiger partial charge is 0.319 e. The number of hydrogen-bond acceptors (Lipinski definition) is 4. The van der Waals surface area contributed by atoms with E-state index >= 15 is 0 Å². The zero-order valence-corrected chi connectivity index (χ0v) is 17.3. The van der Waals surface area contributed by atoms with E-state index in [1.807, 2.05) is 24.3 Å². The lowest BCUT2D eigenvalue weighted by Gasteiger charge is -2.29. The number of ether oxygens (including phenoxy) is 1. The number of anilines is 2. The van der Waals surface area contributed by atoms with E-state index < -0.39 is 0 Å². The van der Waals surface area contributed by atoms with Gasteiger partial charge in [-0.3, -0.25) is 4.90 Å². The van der Waals surface area contributed by atoms with Gasteiger partial charge in [-0.25, -0.2) is 4.79 Å². The van der Waals surface area contributed by atoms with Gasteiger partial charge in [0.05, 0.1) is 18.8 Å². The number of carbonyl (C=O) groups is 1. The highest BCUT2D eigenvalue weighted by atomic mass is 16.5. The molecule has 0 radical (unpaired) electrons. The van der Waals surface area contributed by atoms with Crippen molar-refractivity contribution in [2.45, 2.75) is 25.3 Å². The van der Waals surface area contributed by atoms with E-state index in [9.17, 15) is 4.79 Å². The minimum atomic E-state index is -0.209. The summed E-state index contributed by atoms with van der Waals surface area (Å²) in [7, 11) is 3.75. The second kappa shape index (κ2) is 8.74. The van der Waals surface area contributed by atoms with Crippen LogP contribution in [0, 0.1) is 0 Å². The maximum absolute atomic E-state index is 12.6. The molecule has 1 saturated heterocycles. The third-order valence-corrected chi connectivity index (χ3v) is 6.01. The van der Waals surface area contributed by atoms with Crippen LogP contribution in [0.2, 0.25) is 0 Å². The number of nitrogens with zero attached hydrogens (tertiary/aromatic N) is 2. The molecule has 0 aliphatic carbocycles. The van der Waals surface area contributed by atoms with E-state index in [2.05, 4.69) is 45.7 Å². The molecule has 6 nitrogen and oxygen atoms in total. The van der Waals surface area contributed by atoms with Gasteiger partial charge in [-0.05, 0) is 61.7 Å². The topological polar surface area (TPSA) is 56.8 Å². The van der Waals surface area contributed by atoms with E-state index in [0.29, 0.717) is 18.0 Å². The first kappa shape index (κ1) is 19.6. The number of urea groups is 1. The normalized spacial score (nSPS) is 17.1. The molecule has 29 heavy (non-hydrogen) atoms. The monoisotopic (exact) mass is 394 g/mol. The molecule has 2 heterocycles. The molecule has 6 heteroatoms. The molecule has 1 atom stereocenters. The molecule has 154 valence electrons. The lowest BCUT2D eigenvalue weighted by atomic mass is 10.0. The fourth-order valence-electron chi connectivity index (χ4n) is 4.41. The number of fused-ring (bicyclic) bond motifs is 1. The first-order valence-corrected chi connectivity index (χ1v) is 10.4. The van der Waals surface area contributed by atoms with Crippen molar-refractivity contribution in [1.82, 2.24) is 10.2 Å². The molecule has 0 bridgehead atoms. The molecule has 2 amide bonds. The Bertz CT molecular complexity index is 864. The van der Waals surface area contributed by atoms with E-state index in [1.54, 1.807) is 7.11 Å². The average Bonchev–Trinajstić information content (AvgIpc) is 3.39. The lowest BCUT2D eigenvalue weighted by molar-refractivity contribution is 0.227. The number of benzene rings is 2. The molecule has 2 N–H and O–H groups in total. The van der Waals surface area contributed by atoms with Gasteiger partial charge in [0, 0.05) is 25.8 Å². The van der Waals surface area contributed by atoms with Crippen LogP contribution in [0.15, 0.2) is 42.5 Å². The minimum absolute atomic E-state index is 0.192. The van der Waals surface area contributed by atoms with Crippen molar-refractivity contribution in [3.05, 3.63) is 53.6 Å². The van der Waals surface area contributed by atoms with Crippen LogP contribution in [0.25, 0.3) is 0 Å². The number of likely N-dealkylation sites (N-methyl/N-ethyl adjacent to an activating group) is 1. The highest BCUT2D eigenvalue weighted by Crippen LogP contribution is 2.32. The Hall–Kier alpha value is -2.73. The molecule has 1 fully saturated rings. The molecule has 4 rings (SSSR count). The van der Waals surface area contributed by atoms with Crippen molar-refractivity contribution >= 4 is 17.4 Å². The maximum Gasteiger partial charge on any atom is 0.319 e. The molecule has 2 aliphatic rings. The molecule has 1 unspecified atom stereocenters. The lowest BCUT2D eigenvalue weighted by Crippen LogP contribution is -2.38. The largest absolute Gasteiger partial charge is 0.495 e. The van der Waals surface area contributed by atoms with Crippen LogP contribution >= 0.6 is 0 Å². The van der Waals surface area contributed by atoms with Gasteiger partial charge in [-0.2, -0.15) is 0 Å². The summed E-state index contributed by atoms with van der Waals surface area (Å²) in [5.41, 5.74) is 4.70. The van der Waals surface area contributed by atoms with Gasteiger partial charge in [-0.1, -0.05) is 24.3 Å². The quantitative estimate of drug-likeness (QED) is 0.785.